The molecule has 0 atom stereocenters. The third-order valence-corrected chi connectivity index (χ3v) is 4.91. The second-order valence-electron chi connectivity index (χ2n) is 6.98. The van der Waals surface area contributed by atoms with Gasteiger partial charge in [0.25, 0.3) is 5.91 Å². The molecule has 0 spiro atoms. The fourth-order valence-corrected chi connectivity index (χ4v) is 3.19. The summed E-state index contributed by atoms with van der Waals surface area (Å²) in [6.07, 6.45) is 1.87. The van der Waals surface area contributed by atoms with Crippen molar-refractivity contribution in [2.75, 3.05) is 5.01 Å². The molecule has 144 valence electrons. The van der Waals surface area contributed by atoms with Crippen LogP contribution in [0.3, 0.4) is 0 Å². The maximum absolute atomic E-state index is 12.8. The second-order valence-corrected chi connectivity index (χ2v) is 6.98. The molecular weight excluding hydrogens is 360 g/mol. The van der Waals surface area contributed by atoms with Gasteiger partial charge in [0.05, 0.1) is 17.0 Å². The molecule has 0 fully saturated rings. The Morgan fingerprint density at radius 3 is 2.31 bits per heavy atom. The number of aryl methyl sites for hydroxylation is 1. The molecule has 3 aromatic carbocycles. The number of ether oxygens (including phenoxy) is 1. The zero-order valence-corrected chi connectivity index (χ0v) is 16.5. The lowest BCUT2D eigenvalue weighted by Crippen LogP contribution is -2.21. The molecule has 0 N–H and O–H groups in total. The molecule has 0 unspecified atom stereocenters. The van der Waals surface area contributed by atoms with Gasteiger partial charge in [-0.3, -0.25) is 4.79 Å². The van der Waals surface area contributed by atoms with E-state index in [1.165, 1.54) is 16.1 Å². The molecule has 0 aliphatic carbocycles. The van der Waals surface area contributed by atoms with Crippen molar-refractivity contribution >= 4 is 23.4 Å². The summed E-state index contributed by atoms with van der Waals surface area (Å²) in [5, 5.41) is 5.86. The molecular formula is C25H22N2O2. The topological polar surface area (TPSA) is 41.9 Å². The monoisotopic (exact) mass is 382 g/mol. The lowest BCUT2D eigenvalue weighted by atomic mass is 10.1. The summed E-state index contributed by atoms with van der Waals surface area (Å²) in [7, 11) is 0. The van der Waals surface area contributed by atoms with Crippen molar-refractivity contribution in [1.82, 2.24) is 0 Å². The molecule has 1 aliphatic rings. The van der Waals surface area contributed by atoms with Gasteiger partial charge in [-0.1, -0.05) is 54.6 Å². The predicted octanol–water partition coefficient (Wildman–Crippen LogP) is 5.38. The Bertz CT molecular complexity index is 1080. The van der Waals surface area contributed by atoms with Crippen molar-refractivity contribution in [3.05, 3.63) is 101 Å². The Morgan fingerprint density at radius 2 is 1.59 bits per heavy atom. The highest BCUT2D eigenvalue weighted by molar-refractivity contribution is 6.32. The Hall–Kier alpha value is -3.66. The van der Waals surface area contributed by atoms with Crippen molar-refractivity contribution in [3.63, 3.8) is 0 Å². The lowest BCUT2D eigenvalue weighted by Gasteiger charge is -2.11. The number of anilines is 1. The number of amides is 1. The van der Waals surface area contributed by atoms with Crippen molar-refractivity contribution in [2.45, 2.75) is 20.5 Å². The van der Waals surface area contributed by atoms with Gasteiger partial charge in [0, 0.05) is 0 Å². The van der Waals surface area contributed by atoms with Crippen LogP contribution >= 0.6 is 0 Å². The number of rotatable bonds is 5. The van der Waals surface area contributed by atoms with Crippen LogP contribution in [0.4, 0.5) is 5.69 Å². The molecule has 1 heterocycles. The Balaban J connectivity index is 1.47. The van der Waals surface area contributed by atoms with Crippen LogP contribution in [0.25, 0.3) is 6.08 Å². The zero-order chi connectivity index (χ0) is 20.2. The minimum atomic E-state index is -0.117. The number of carbonyl (C=O) groups is 1. The van der Waals surface area contributed by atoms with Gasteiger partial charge in [-0.15, -0.1) is 0 Å². The molecule has 1 amide bonds. The number of hydrogen-bond donors (Lipinski definition) is 0. The normalized spacial score (nSPS) is 15.0. The molecule has 0 saturated heterocycles. The molecule has 1 aliphatic heterocycles. The molecule has 4 rings (SSSR count). The van der Waals surface area contributed by atoms with Crippen LogP contribution in [-0.4, -0.2) is 11.6 Å². The molecule has 4 nitrogen and oxygen atoms in total. The van der Waals surface area contributed by atoms with E-state index in [-0.39, 0.29) is 5.91 Å². The van der Waals surface area contributed by atoms with E-state index in [4.69, 9.17) is 4.74 Å². The van der Waals surface area contributed by atoms with E-state index >= 15 is 0 Å². The average molecular weight is 382 g/mol. The first-order chi connectivity index (χ1) is 14.1. The first-order valence-electron chi connectivity index (χ1n) is 9.56. The maximum atomic E-state index is 12.8. The van der Waals surface area contributed by atoms with Crippen LogP contribution in [0.15, 0.2) is 89.5 Å². The van der Waals surface area contributed by atoms with E-state index in [0.29, 0.717) is 17.9 Å². The van der Waals surface area contributed by atoms with Crippen LogP contribution in [0, 0.1) is 6.92 Å². The van der Waals surface area contributed by atoms with E-state index in [1.54, 1.807) is 0 Å². The van der Waals surface area contributed by atoms with Crippen LogP contribution in [-0.2, 0) is 11.4 Å². The molecule has 29 heavy (non-hydrogen) atoms. The maximum Gasteiger partial charge on any atom is 0.280 e. The molecule has 0 aromatic heterocycles. The first-order valence-corrected chi connectivity index (χ1v) is 9.56. The smallest absolute Gasteiger partial charge is 0.280 e. The SMILES string of the molecule is CC1=NN(c2ccccc2)C(=O)/C1=C\c1ccc(OCc2ccccc2C)cc1. The van der Waals surface area contributed by atoms with Gasteiger partial charge in [0.2, 0.25) is 0 Å². The quantitative estimate of drug-likeness (QED) is 0.556. The highest BCUT2D eigenvalue weighted by Crippen LogP contribution is 2.25. The Kier molecular flexibility index (Phi) is 5.25. The third-order valence-electron chi connectivity index (χ3n) is 4.91. The van der Waals surface area contributed by atoms with Gasteiger partial charge in [-0.05, 0) is 60.9 Å². The molecule has 3 aromatic rings. The van der Waals surface area contributed by atoms with Crippen molar-refractivity contribution in [1.29, 1.82) is 0 Å². The van der Waals surface area contributed by atoms with Gasteiger partial charge in [0.15, 0.2) is 0 Å². The minimum Gasteiger partial charge on any atom is -0.489 e. The number of hydrogen-bond acceptors (Lipinski definition) is 3. The fourth-order valence-electron chi connectivity index (χ4n) is 3.19. The van der Waals surface area contributed by atoms with Gasteiger partial charge in [0.1, 0.15) is 12.4 Å². The van der Waals surface area contributed by atoms with E-state index in [2.05, 4.69) is 24.2 Å². The van der Waals surface area contributed by atoms with Crippen molar-refractivity contribution < 1.29 is 9.53 Å². The number of para-hydroxylation sites is 1. The molecule has 0 saturated carbocycles. The van der Waals surface area contributed by atoms with Crippen LogP contribution in [0.2, 0.25) is 0 Å². The third kappa shape index (κ3) is 4.11. The Morgan fingerprint density at radius 1 is 0.897 bits per heavy atom. The number of hydrazone groups is 1. The van der Waals surface area contributed by atoms with E-state index in [9.17, 15) is 4.79 Å². The Labute approximate surface area is 170 Å². The van der Waals surface area contributed by atoms with Gasteiger partial charge >= 0.3 is 0 Å². The summed E-state index contributed by atoms with van der Waals surface area (Å²) in [6, 6.07) is 25.4. The molecule has 0 bridgehead atoms. The van der Waals surface area contributed by atoms with Crippen molar-refractivity contribution in [2.24, 2.45) is 5.10 Å². The standard InChI is InChI=1S/C25H22N2O2/c1-18-8-6-7-9-21(18)17-29-23-14-12-20(13-15-23)16-24-19(2)26-27(25(24)28)22-10-4-3-5-11-22/h3-16H,17H2,1-2H3/b24-16-. The average Bonchev–Trinajstić information content (AvgIpc) is 3.03. The first kappa shape index (κ1) is 18.7. The highest BCUT2D eigenvalue weighted by Gasteiger charge is 2.28. The highest BCUT2D eigenvalue weighted by atomic mass is 16.5. The number of nitrogens with zero attached hydrogens (tertiary/aromatic N) is 2. The van der Waals surface area contributed by atoms with Crippen LogP contribution in [0.5, 0.6) is 5.75 Å². The van der Waals surface area contributed by atoms with Crippen LogP contribution in [0.1, 0.15) is 23.6 Å². The largest absolute Gasteiger partial charge is 0.489 e. The van der Waals surface area contributed by atoms with Crippen LogP contribution < -0.4 is 9.75 Å². The van der Waals surface area contributed by atoms with Gasteiger partial charge < -0.3 is 4.74 Å². The number of benzene rings is 3. The molecule has 4 heteroatoms. The zero-order valence-electron chi connectivity index (χ0n) is 16.5. The summed E-state index contributed by atoms with van der Waals surface area (Å²) >= 11 is 0. The fraction of sp³-hybridized carbons (Fsp3) is 0.120. The van der Waals surface area contributed by atoms with Crippen molar-refractivity contribution in [3.8, 4) is 5.75 Å². The number of carbonyl (C=O) groups excluding carboxylic acids is 1. The van der Waals surface area contributed by atoms with Gasteiger partial charge in [-0.2, -0.15) is 10.1 Å². The summed E-state index contributed by atoms with van der Waals surface area (Å²) < 4.78 is 5.90. The minimum absolute atomic E-state index is 0.117. The predicted molar refractivity (Wildman–Crippen MR) is 117 cm³/mol. The summed E-state index contributed by atoms with van der Waals surface area (Å²) in [5.41, 5.74) is 5.39. The van der Waals surface area contributed by atoms with Gasteiger partial charge in [-0.25, -0.2) is 0 Å². The lowest BCUT2D eigenvalue weighted by molar-refractivity contribution is -0.114. The van der Waals surface area contributed by atoms with E-state index < -0.39 is 0 Å². The summed E-state index contributed by atoms with van der Waals surface area (Å²) in [6.45, 7) is 4.46. The van der Waals surface area contributed by atoms with E-state index in [1.807, 2.05) is 79.7 Å². The van der Waals surface area contributed by atoms with E-state index in [0.717, 1.165) is 17.0 Å². The summed E-state index contributed by atoms with van der Waals surface area (Å²) in [5.74, 6) is 0.679. The summed E-state index contributed by atoms with van der Waals surface area (Å²) in [4.78, 5) is 12.8. The molecule has 0 radical (unpaired) electrons. The second kappa shape index (κ2) is 8.15.